The van der Waals surface area contributed by atoms with E-state index >= 15 is 0 Å². The number of carboxylic acids is 1. The van der Waals surface area contributed by atoms with E-state index < -0.39 is 28.4 Å². The summed E-state index contributed by atoms with van der Waals surface area (Å²) < 4.78 is 25.1. The molecule has 1 aromatic heterocycles. The van der Waals surface area contributed by atoms with Crippen LogP contribution in [0.4, 0.5) is 0 Å². The molecule has 0 aliphatic heterocycles. The molecule has 1 aromatic rings. The van der Waals surface area contributed by atoms with Gasteiger partial charge in [-0.25, -0.2) is 18.1 Å². The van der Waals surface area contributed by atoms with Crippen LogP contribution in [0, 0.1) is 0 Å². The highest BCUT2D eigenvalue weighted by atomic mass is 32.2. The van der Waals surface area contributed by atoms with Gasteiger partial charge in [-0.05, 0) is 25.6 Å². The van der Waals surface area contributed by atoms with Crippen molar-refractivity contribution < 1.29 is 23.1 Å². The quantitative estimate of drug-likeness (QED) is 0.727. The third kappa shape index (κ3) is 4.50. The van der Waals surface area contributed by atoms with Gasteiger partial charge >= 0.3 is 5.97 Å². The highest BCUT2D eigenvalue weighted by molar-refractivity contribution is 7.89. The van der Waals surface area contributed by atoms with Crippen molar-refractivity contribution >= 4 is 21.9 Å². The highest BCUT2D eigenvalue weighted by Gasteiger charge is 2.19. The Morgan fingerprint density at radius 1 is 1.38 bits per heavy atom. The smallest absolute Gasteiger partial charge is 0.323 e. The molecule has 0 aromatic carbocycles. The zero-order chi connectivity index (χ0) is 16.0. The highest BCUT2D eigenvalue weighted by Crippen LogP contribution is 2.09. The SMILES string of the molecule is CCCN(CC(=O)O)C(=O)c1ccc(S(=O)(=O)NC)nc1. The summed E-state index contributed by atoms with van der Waals surface area (Å²) in [5.41, 5.74) is 0.139. The van der Waals surface area contributed by atoms with Gasteiger partial charge in [-0.15, -0.1) is 0 Å². The molecule has 1 rings (SSSR count). The van der Waals surface area contributed by atoms with Gasteiger partial charge in [0.2, 0.25) is 0 Å². The molecule has 21 heavy (non-hydrogen) atoms. The minimum atomic E-state index is -3.67. The first kappa shape index (κ1) is 17.1. The van der Waals surface area contributed by atoms with Crippen LogP contribution in [0.3, 0.4) is 0 Å². The van der Waals surface area contributed by atoms with Crippen LogP contribution in [0.2, 0.25) is 0 Å². The second kappa shape index (κ2) is 7.14. The van der Waals surface area contributed by atoms with E-state index in [9.17, 15) is 18.0 Å². The van der Waals surface area contributed by atoms with Crippen molar-refractivity contribution in [2.24, 2.45) is 0 Å². The molecule has 0 fully saturated rings. The van der Waals surface area contributed by atoms with Gasteiger partial charge in [-0.2, -0.15) is 0 Å². The number of nitrogens with zero attached hydrogens (tertiary/aromatic N) is 2. The maximum absolute atomic E-state index is 12.2. The maximum Gasteiger partial charge on any atom is 0.323 e. The number of rotatable bonds is 7. The molecule has 1 amide bonds. The lowest BCUT2D eigenvalue weighted by atomic mass is 10.2. The van der Waals surface area contributed by atoms with E-state index in [0.717, 1.165) is 6.20 Å². The number of pyridine rings is 1. The van der Waals surface area contributed by atoms with Crippen molar-refractivity contribution in [3.05, 3.63) is 23.9 Å². The van der Waals surface area contributed by atoms with Crippen LogP contribution in [0.25, 0.3) is 0 Å². The van der Waals surface area contributed by atoms with Gasteiger partial charge in [0.1, 0.15) is 6.54 Å². The summed E-state index contributed by atoms with van der Waals surface area (Å²) >= 11 is 0. The van der Waals surface area contributed by atoms with Crippen molar-refractivity contribution in [1.82, 2.24) is 14.6 Å². The van der Waals surface area contributed by atoms with E-state index in [0.29, 0.717) is 13.0 Å². The largest absolute Gasteiger partial charge is 0.480 e. The first-order chi connectivity index (χ1) is 9.81. The standard InChI is InChI=1S/C12H17N3O5S/c1-3-6-15(8-11(16)17)12(18)9-4-5-10(14-7-9)21(19,20)13-2/h4-5,7,13H,3,6,8H2,1-2H3,(H,16,17). The summed E-state index contributed by atoms with van der Waals surface area (Å²) in [6, 6.07) is 2.51. The van der Waals surface area contributed by atoms with Crippen LogP contribution >= 0.6 is 0 Å². The lowest BCUT2D eigenvalue weighted by Gasteiger charge is -2.19. The third-order valence-corrected chi connectivity index (χ3v) is 3.96. The molecule has 0 radical (unpaired) electrons. The number of hydrogen-bond donors (Lipinski definition) is 2. The Kier molecular flexibility index (Phi) is 5.79. The molecule has 0 spiro atoms. The topological polar surface area (TPSA) is 117 Å². The molecule has 8 nitrogen and oxygen atoms in total. The zero-order valence-corrected chi connectivity index (χ0v) is 12.6. The molecule has 0 aliphatic carbocycles. The second-order valence-electron chi connectivity index (χ2n) is 4.21. The number of carboxylic acid groups (broad SMARTS) is 1. The molecule has 0 saturated heterocycles. The number of amides is 1. The van der Waals surface area contributed by atoms with Gasteiger partial charge < -0.3 is 10.0 Å². The Morgan fingerprint density at radius 2 is 2.05 bits per heavy atom. The first-order valence-corrected chi connectivity index (χ1v) is 7.70. The van der Waals surface area contributed by atoms with Crippen LogP contribution in [-0.4, -0.2) is 55.4 Å². The van der Waals surface area contributed by atoms with Crippen LogP contribution in [0.5, 0.6) is 0 Å². The Labute approximate surface area is 122 Å². The monoisotopic (exact) mass is 315 g/mol. The van der Waals surface area contributed by atoms with E-state index in [-0.39, 0.29) is 10.6 Å². The Hall–Kier alpha value is -2.00. The lowest BCUT2D eigenvalue weighted by Crippen LogP contribution is -2.36. The average molecular weight is 315 g/mol. The molecule has 2 N–H and O–H groups in total. The molecular formula is C12H17N3O5S. The van der Waals surface area contributed by atoms with E-state index in [1.165, 1.54) is 24.1 Å². The summed E-state index contributed by atoms with van der Waals surface area (Å²) in [6.45, 7) is 1.70. The van der Waals surface area contributed by atoms with Crippen molar-refractivity contribution in [2.75, 3.05) is 20.1 Å². The number of hydrogen-bond acceptors (Lipinski definition) is 5. The molecule has 0 bridgehead atoms. The molecule has 1 heterocycles. The molecule has 0 atom stereocenters. The predicted octanol–water partition coefficient (Wildman–Crippen LogP) is -0.0735. The minimum absolute atomic E-state index is 0.139. The Balaban J connectivity index is 2.99. The summed E-state index contributed by atoms with van der Waals surface area (Å²) in [7, 11) is -2.41. The number of aromatic nitrogens is 1. The fourth-order valence-corrected chi connectivity index (χ4v) is 2.29. The van der Waals surface area contributed by atoms with Crippen molar-refractivity contribution in [2.45, 2.75) is 18.4 Å². The van der Waals surface area contributed by atoms with Crippen LogP contribution in [0.15, 0.2) is 23.4 Å². The van der Waals surface area contributed by atoms with Crippen LogP contribution in [-0.2, 0) is 14.8 Å². The van der Waals surface area contributed by atoms with E-state index in [4.69, 9.17) is 5.11 Å². The Bertz CT molecular complexity index is 612. The summed E-state index contributed by atoms with van der Waals surface area (Å²) in [5, 5.41) is 8.59. The molecule has 0 saturated carbocycles. The molecule has 0 aliphatic rings. The number of sulfonamides is 1. The van der Waals surface area contributed by atoms with Crippen LogP contribution < -0.4 is 4.72 Å². The van der Waals surface area contributed by atoms with E-state index in [1.807, 2.05) is 6.92 Å². The van der Waals surface area contributed by atoms with Gasteiger partial charge in [0.25, 0.3) is 15.9 Å². The molecular weight excluding hydrogens is 298 g/mol. The molecule has 0 unspecified atom stereocenters. The Morgan fingerprint density at radius 3 is 2.48 bits per heavy atom. The maximum atomic E-state index is 12.2. The van der Waals surface area contributed by atoms with Gasteiger partial charge in [0.15, 0.2) is 5.03 Å². The van der Waals surface area contributed by atoms with Crippen molar-refractivity contribution in [1.29, 1.82) is 0 Å². The van der Waals surface area contributed by atoms with Gasteiger partial charge in [-0.1, -0.05) is 6.92 Å². The molecule has 116 valence electrons. The fraction of sp³-hybridized carbons (Fsp3) is 0.417. The van der Waals surface area contributed by atoms with Gasteiger partial charge in [-0.3, -0.25) is 9.59 Å². The third-order valence-electron chi connectivity index (χ3n) is 2.63. The van der Waals surface area contributed by atoms with Crippen molar-refractivity contribution in [3.63, 3.8) is 0 Å². The van der Waals surface area contributed by atoms with Gasteiger partial charge in [0.05, 0.1) is 5.56 Å². The predicted molar refractivity (Wildman–Crippen MR) is 74.3 cm³/mol. The number of carbonyl (C=O) groups excluding carboxylic acids is 1. The number of aliphatic carboxylic acids is 1. The normalized spacial score (nSPS) is 11.1. The lowest BCUT2D eigenvalue weighted by molar-refractivity contribution is -0.137. The minimum Gasteiger partial charge on any atom is -0.480 e. The first-order valence-electron chi connectivity index (χ1n) is 6.22. The molecule has 9 heteroatoms. The fourth-order valence-electron chi connectivity index (χ4n) is 1.64. The van der Waals surface area contributed by atoms with Gasteiger partial charge in [0, 0.05) is 12.7 Å². The summed E-state index contributed by atoms with van der Waals surface area (Å²) in [6.07, 6.45) is 1.73. The summed E-state index contributed by atoms with van der Waals surface area (Å²) in [5.74, 6) is -1.61. The number of nitrogens with one attached hydrogen (secondary N) is 1. The van der Waals surface area contributed by atoms with E-state index in [1.54, 1.807) is 0 Å². The number of carbonyl (C=O) groups is 2. The van der Waals surface area contributed by atoms with E-state index in [2.05, 4.69) is 9.71 Å². The zero-order valence-electron chi connectivity index (χ0n) is 11.7. The summed E-state index contributed by atoms with van der Waals surface area (Å²) in [4.78, 5) is 27.8. The average Bonchev–Trinajstić information content (AvgIpc) is 2.45. The second-order valence-corrected chi connectivity index (χ2v) is 6.05. The van der Waals surface area contributed by atoms with Crippen LogP contribution in [0.1, 0.15) is 23.7 Å². The van der Waals surface area contributed by atoms with Crippen molar-refractivity contribution in [3.8, 4) is 0 Å².